The van der Waals surface area contributed by atoms with Crippen molar-refractivity contribution in [3.8, 4) is 0 Å². The molecule has 128 valence electrons. The van der Waals surface area contributed by atoms with Gasteiger partial charge in [-0.1, -0.05) is 38.4 Å². The van der Waals surface area contributed by atoms with Crippen molar-refractivity contribution in [3.05, 3.63) is 33.8 Å². The number of likely N-dealkylation sites (tertiary alicyclic amines) is 1. The summed E-state index contributed by atoms with van der Waals surface area (Å²) in [5, 5.41) is 19.9. The third kappa shape index (κ3) is 3.81. The van der Waals surface area contributed by atoms with Gasteiger partial charge >= 0.3 is 6.09 Å². The summed E-state index contributed by atoms with van der Waals surface area (Å²) < 4.78 is 0. The standard InChI is InChI=1S/C18H26ClNO3/c1-11-7-13(10-21)14(9-15(11)19)12-5-6-20(17(22)23)16(8-12)18(2,3)4/h7,9,12,16,21H,5-6,8,10H2,1-4H3,(H,22,23). The molecule has 5 heteroatoms. The number of aryl methyl sites for hydroxylation is 1. The second kappa shape index (κ2) is 6.70. The molecule has 1 heterocycles. The summed E-state index contributed by atoms with van der Waals surface area (Å²) in [6, 6.07) is 3.83. The van der Waals surface area contributed by atoms with Crippen molar-refractivity contribution >= 4 is 17.7 Å². The Bertz CT molecular complexity index is 595. The highest BCUT2D eigenvalue weighted by atomic mass is 35.5. The quantitative estimate of drug-likeness (QED) is 0.838. The van der Waals surface area contributed by atoms with Gasteiger partial charge in [-0.15, -0.1) is 0 Å². The first-order chi connectivity index (χ1) is 10.6. The minimum Gasteiger partial charge on any atom is -0.465 e. The molecule has 1 aliphatic heterocycles. The molecule has 0 spiro atoms. The molecule has 2 unspecified atom stereocenters. The highest BCUT2D eigenvalue weighted by Crippen LogP contribution is 2.41. The lowest BCUT2D eigenvalue weighted by molar-refractivity contribution is 0.0523. The van der Waals surface area contributed by atoms with Gasteiger partial charge in [0.2, 0.25) is 0 Å². The van der Waals surface area contributed by atoms with E-state index < -0.39 is 6.09 Å². The van der Waals surface area contributed by atoms with E-state index in [1.807, 2.05) is 19.1 Å². The van der Waals surface area contributed by atoms with Crippen LogP contribution in [0.25, 0.3) is 0 Å². The first-order valence-corrected chi connectivity index (χ1v) is 8.42. The van der Waals surface area contributed by atoms with Crippen LogP contribution < -0.4 is 0 Å². The summed E-state index contributed by atoms with van der Waals surface area (Å²) in [6.45, 7) is 8.64. The molecule has 0 radical (unpaired) electrons. The summed E-state index contributed by atoms with van der Waals surface area (Å²) in [5.41, 5.74) is 2.77. The number of amides is 1. The van der Waals surface area contributed by atoms with Gasteiger partial charge in [-0.2, -0.15) is 0 Å². The topological polar surface area (TPSA) is 60.8 Å². The normalized spacial score (nSPS) is 22.3. The highest BCUT2D eigenvalue weighted by molar-refractivity contribution is 6.31. The van der Waals surface area contributed by atoms with E-state index in [9.17, 15) is 15.0 Å². The van der Waals surface area contributed by atoms with E-state index >= 15 is 0 Å². The van der Waals surface area contributed by atoms with Crippen LogP contribution in [0.4, 0.5) is 4.79 Å². The molecule has 4 nitrogen and oxygen atoms in total. The van der Waals surface area contributed by atoms with Crippen molar-refractivity contribution in [2.24, 2.45) is 5.41 Å². The van der Waals surface area contributed by atoms with Crippen LogP contribution in [0.5, 0.6) is 0 Å². The Morgan fingerprint density at radius 2 is 2.04 bits per heavy atom. The average molecular weight is 340 g/mol. The molecular formula is C18H26ClNO3. The number of rotatable bonds is 2. The maximum absolute atomic E-state index is 11.5. The molecule has 1 aromatic rings. The number of carboxylic acid groups (broad SMARTS) is 1. The van der Waals surface area contributed by atoms with Gasteiger partial charge in [-0.3, -0.25) is 0 Å². The Labute approximate surface area is 143 Å². The zero-order valence-corrected chi connectivity index (χ0v) is 15.0. The van der Waals surface area contributed by atoms with Crippen molar-refractivity contribution < 1.29 is 15.0 Å². The Morgan fingerprint density at radius 1 is 1.39 bits per heavy atom. The van der Waals surface area contributed by atoms with E-state index in [1.54, 1.807) is 4.90 Å². The number of hydrogen-bond donors (Lipinski definition) is 2. The van der Waals surface area contributed by atoms with Gasteiger partial charge in [-0.05, 0) is 53.9 Å². The number of hydrogen-bond acceptors (Lipinski definition) is 2. The van der Waals surface area contributed by atoms with E-state index in [1.165, 1.54) is 0 Å². The van der Waals surface area contributed by atoms with E-state index in [2.05, 4.69) is 20.8 Å². The molecule has 0 saturated carbocycles. The molecule has 1 saturated heterocycles. The minimum atomic E-state index is -0.854. The van der Waals surface area contributed by atoms with Crippen LogP contribution >= 0.6 is 11.6 Å². The van der Waals surface area contributed by atoms with Crippen LogP contribution in [0.15, 0.2) is 12.1 Å². The third-order valence-electron chi connectivity index (χ3n) is 4.88. The van der Waals surface area contributed by atoms with Crippen LogP contribution in [-0.2, 0) is 6.61 Å². The lowest BCUT2D eigenvalue weighted by atomic mass is 9.74. The van der Waals surface area contributed by atoms with Gasteiger partial charge in [0.25, 0.3) is 0 Å². The molecule has 0 bridgehead atoms. The van der Waals surface area contributed by atoms with Crippen LogP contribution in [0.1, 0.15) is 56.2 Å². The van der Waals surface area contributed by atoms with Crippen LogP contribution in [0.2, 0.25) is 5.02 Å². The van der Waals surface area contributed by atoms with Crippen molar-refractivity contribution in [1.29, 1.82) is 0 Å². The van der Waals surface area contributed by atoms with Gasteiger partial charge in [0.1, 0.15) is 0 Å². The van der Waals surface area contributed by atoms with Crippen molar-refractivity contribution in [2.45, 2.75) is 59.1 Å². The van der Waals surface area contributed by atoms with Gasteiger partial charge in [0.15, 0.2) is 0 Å². The third-order valence-corrected chi connectivity index (χ3v) is 5.29. The smallest absolute Gasteiger partial charge is 0.407 e. The minimum absolute atomic E-state index is 0.0212. The van der Waals surface area contributed by atoms with Gasteiger partial charge in [0.05, 0.1) is 6.61 Å². The monoisotopic (exact) mass is 339 g/mol. The largest absolute Gasteiger partial charge is 0.465 e. The number of piperidine rings is 1. The fraction of sp³-hybridized carbons (Fsp3) is 0.611. The summed E-state index contributed by atoms with van der Waals surface area (Å²) in [7, 11) is 0. The molecule has 1 aliphatic rings. The number of benzene rings is 1. The molecule has 0 aromatic heterocycles. The van der Waals surface area contributed by atoms with Crippen LogP contribution in [0.3, 0.4) is 0 Å². The van der Waals surface area contributed by atoms with Gasteiger partial charge < -0.3 is 15.1 Å². The number of aliphatic hydroxyl groups excluding tert-OH is 1. The Hall–Kier alpha value is -1.26. The van der Waals surface area contributed by atoms with Gasteiger partial charge in [0, 0.05) is 17.6 Å². The van der Waals surface area contributed by atoms with Gasteiger partial charge in [-0.25, -0.2) is 4.79 Å². The SMILES string of the molecule is Cc1cc(CO)c(C2CCN(C(=O)O)C(C(C)(C)C)C2)cc1Cl. The Kier molecular flexibility index (Phi) is 5.27. The second-order valence-corrected chi connectivity index (χ2v) is 7.94. The van der Waals surface area contributed by atoms with Crippen molar-refractivity contribution in [3.63, 3.8) is 0 Å². The summed E-state index contributed by atoms with van der Waals surface area (Å²) >= 11 is 6.28. The Morgan fingerprint density at radius 3 is 2.57 bits per heavy atom. The van der Waals surface area contributed by atoms with E-state index in [-0.39, 0.29) is 24.0 Å². The number of halogens is 1. The summed E-state index contributed by atoms with van der Waals surface area (Å²) in [4.78, 5) is 13.1. The van der Waals surface area contributed by atoms with Crippen LogP contribution in [-0.4, -0.2) is 33.8 Å². The first-order valence-electron chi connectivity index (χ1n) is 8.04. The maximum atomic E-state index is 11.5. The van der Waals surface area contributed by atoms with E-state index in [4.69, 9.17) is 11.6 Å². The molecule has 2 N–H and O–H groups in total. The molecule has 1 fully saturated rings. The Balaban J connectivity index is 2.36. The van der Waals surface area contributed by atoms with E-state index in [0.717, 1.165) is 29.5 Å². The van der Waals surface area contributed by atoms with E-state index in [0.29, 0.717) is 11.6 Å². The molecule has 1 aromatic carbocycles. The number of aliphatic hydroxyl groups is 1. The fourth-order valence-electron chi connectivity index (χ4n) is 3.57. The lowest BCUT2D eigenvalue weighted by Crippen LogP contribution is -2.51. The number of carbonyl (C=O) groups is 1. The second-order valence-electron chi connectivity index (χ2n) is 7.54. The van der Waals surface area contributed by atoms with Crippen molar-refractivity contribution in [2.75, 3.05) is 6.54 Å². The first kappa shape index (κ1) is 18.1. The number of nitrogens with zero attached hydrogens (tertiary/aromatic N) is 1. The molecule has 1 amide bonds. The molecular weight excluding hydrogens is 314 g/mol. The highest BCUT2D eigenvalue weighted by Gasteiger charge is 2.39. The molecule has 0 aliphatic carbocycles. The zero-order chi connectivity index (χ0) is 17.4. The maximum Gasteiger partial charge on any atom is 0.407 e. The summed E-state index contributed by atoms with van der Waals surface area (Å²) in [6.07, 6.45) is 0.653. The molecule has 2 atom stereocenters. The van der Waals surface area contributed by atoms with Crippen molar-refractivity contribution in [1.82, 2.24) is 4.90 Å². The zero-order valence-electron chi connectivity index (χ0n) is 14.3. The molecule has 23 heavy (non-hydrogen) atoms. The molecule has 2 rings (SSSR count). The predicted molar refractivity (Wildman–Crippen MR) is 92.1 cm³/mol. The predicted octanol–water partition coefficient (Wildman–Crippen LogP) is 4.41. The van der Waals surface area contributed by atoms with Crippen LogP contribution in [0, 0.1) is 12.3 Å². The summed E-state index contributed by atoms with van der Waals surface area (Å²) in [5.74, 6) is 0.218. The average Bonchev–Trinajstić information content (AvgIpc) is 2.48. The fourth-order valence-corrected chi connectivity index (χ4v) is 3.74. The lowest BCUT2D eigenvalue weighted by Gasteiger charge is -2.45.